The van der Waals surface area contributed by atoms with Crippen LogP contribution in [0.2, 0.25) is 0 Å². The lowest BCUT2D eigenvalue weighted by atomic mass is 9.97. The van der Waals surface area contributed by atoms with Gasteiger partial charge in [-0.25, -0.2) is 0 Å². The number of nitrogens with zero attached hydrogens (tertiary/aromatic N) is 1. The van der Waals surface area contributed by atoms with Gasteiger partial charge < -0.3 is 9.64 Å². The molecule has 1 aliphatic heterocycles. The summed E-state index contributed by atoms with van der Waals surface area (Å²) in [6.07, 6.45) is 2.62. The number of carbonyl (C=O) groups excluding carboxylic acids is 2. The fourth-order valence-corrected chi connectivity index (χ4v) is 3.28. The van der Waals surface area contributed by atoms with Crippen LogP contribution >= 0.6 is 0 Å². The summed E-state index contributed by atoms with van der Waals surface area (Å²) in [6, 6.07) is 9.78. The first-order chi connectivity index (χ1) is 9.70. The summed E-state index contributed by atoms with van der Waals surface area (Å²) >= 11 is 0. The van der Waals surface area contributed by atoms with Gasteiger partial charge in [0.15, 0.2) is 5.41 Å². The molecule has 1 heterocycles. The Hall–Kier alpha value is -1.84. The van der Waals surface area contributed by atoms with Crippen molar-refractivity contribution in [2.75, 3.05) is 20.2 Å². The number of rotatable bonds is 3. The lowest BCUT2D eigenvalue weighted by Gasteiger charge is -2.22. The molecule has 0 unspecified atom stereocenters. The number of hydrogen-bond acceptors (Lipinski definition) is 3. The Morgan fingerprint density at radius 3 is 2.45 bits per heavy atom. The van der Waals surface area contributed by atoms with E-state index < -0.39 is 5.41 Å². The van der Waals surface area contributed by atoms with Crippen molar-refractivity contribution in [2.45, 2.75) is 25.2 Å². The summed E-state index contributed by atoms with van der Waals surface area (Å²) in [6.45, 7) is 1.53. The Labute approximate surface area is 118 Å². The highest BCUT2D eigenvalue weighted by Gasteiger charge is 2.68. The third-order valence-corrected chi connectivity index (χ3v) is 4.49. The van der Waals surface area contributed by atoms with Crippen LogP contribution in [0.5, 0.6) is 0 Å². The predicted octanol–water partition coefficient (Wildman–Crippen LogP) is 1.96. The molecule has 1 amide bonds. The Morgan fingerprint density at radius 1 is 1.20 bits per heavy atom. The summed E-state index contributed by atoms with van der Waals surface area (Å²) in [4.78, 5) is 26.8. The molecule has 0 aromatic heterocycles. The quantitative estimate of drug-likeness (QED) is 0.624. The molecule has 1 saturated carbocycles. The van der Waals surface area contributed by atoms with E-state index in [-0.39, 0.29) is 17.8 Å². The van der Waals surface area contributed by atoms with Gasteiger partial charge in [-0.1, -0.05) is 30.3 Å². The Kier molecular flexibility index (Phi) is 3.24. The van der Waals surface area contributed by atoms with Gasteiger partial charge in [0.1, 0.15) is 0 Å². The predicted molar refractivity (Wildman–Crippen MR) is 74.1 cm³/mol. The van der Waals surface area contributed by atoms with Crippen molar-refractivity contribution in [2.24, 2.45) is 5.41 Å². The molecule has 2 atom stereocenters. The molecule has 1 saturated heterocycles. The average Bonchev–Trinajstić information content (AvgIpc) is 3.02. The second-order valence-corrected chi connectivity index (χ2v) is 5.63. The second-order valence-electron chi connectivity index (χ2n) is 5.63. The first-order valence-corrected chi connectivity index (χ1v) is 7.13. The second kappa shape index (κ2) is 4.93. The number of amides is 1. The van der Waals surface area contributed by atoms with Gasteiger partial charge in [0.2, 0.25) is 5.91 Å². The van der Waals surface area contributed by atoms with E-state index in [1.807, 2.05) is 35.2 Å². The van der Waals surface area contributed by atoms with Gasteiger partial charge >= 0.3 is 5.97 Å². The summed E-state index contributed by atoms with van der Waals surface area (Å²) in [7, 11) is 1.36. The van der Waals surface area contributed by atoms with E-state index >= 15 is 0 Å². The number of ether oxygens (including phenoxy) is 1. The Bertz CT molecular complexity index is 522. The highest BCUT2D eigenvalue weighted by Crippen LogP contribution is 2.61. The highest BCUT2D eigenvalue weighted by atomic mass is 16.5. The van der Waals surface area contributed by atoms with Gasteiger partial charge in [-0.2, -0.15) is 0 Å². The molecule has 4 nitrogen and oxygen atoms in total. The summed E-state index contributed by atoms with van der Waals surface area (Å²) in [5, 5.41) is 0. The fraction of sp³-hybridized carbons (Fsp3) is 0.500. The van der Waals surface area contributed by atoms with Crippen molar-refractivity contribution >= 4 is 11.9 Å². The van der Waals surface area contributed by atoms with Crippen molar-refractivity contribution < 1.29 is 14.3 Å². The number of benzene rings is 1. The first kappa shape index (κ1) is 13.2. The van der Waals surface area contributed by atoms with Crippen LogP contribution in [0.4, 0.5) is 0 Å². The van der Waals surface area contributed by atoms with Crippen LogP contribution in [-0.4, -0.2) is 37.0 Å². The molecule has 1 aromatic rings. The summed E-state index contributed by atoms with van der Waals surface area (Å²) in [5.74, 6) is -0.469. The van der Waals surface area contributed by atoms with E-state index in [0.717, 1.165) is 31.5 Å². The lowest BCUT2D eigenvalue weighted by Crippen LogP contribution is -2.40. The van der Waals surface area contributed by atoms with Gasteiger partial charge in [0.05, 0.1) is 7.11 Å². The third kappa shape index (κ3) is 1.90. The summed E-state index contributed by atoms with van der Waals surface area (Å²) in [5.41, 5.74) is 0.0749. The SMILES string of the molecule is COC(=O)[C@@]1(C(=O)N2CCCC2)C[C@@H]1c1ccccc1. The normalized spacial score (nSPS) is 28.2. The zero-order valence-corrected chi connectivity index (χ0v) is 11.7. The molecule has 0 N–H and O–H groups in total. The number of hydrogen-bond donors (Lipinski definition) is 0. The molecule has 0 bridgehead atoms. The zero-order chi connectivity index (χ0) is 14.2. The maximum Gasteiger partial charge on any atom is 0.322 e. The van der Waals surface area contributed by atoms with Crippen molar-refractivity contribution in [1.82, 2.24) is 4.90 Å². The van der Waals surface area contributed by atoms with E-state index in [1.165, 1.54) is 7.11 Å². The van der Waals surface area contributed by atoms with E-state index in [1.54, 1.807) is 0 Å². The molecule has 106 valence electrons. The molecule has 2 aliphatic rings. The standard InChI is InChI=1S/C16H19NO3/c1-20-15(19)16(14(18)17-9-5-6-10-17)11-13(16)12-7-3-2-4-8-12/h2-4,7-8,13H,5-6,9-11H2,1H3/t13-,16+/m1/s1. The zero-order valence-electron chi connectivity index (χ0n) is 11.7. The molecule has 1 aromatic carbocycles. The topological polar surface area (TPSA) is 46.6 Å². The summed E-state index contributed by atoms with van der Waals surface area (Å²) < 4.78 is 4.92. The minimum absolute atomic E-state index is 0.0377. The lowest BCUT2D eigenvalue weighted by molar-refractivity contribution is -0.155. The minimum Gasteiger partial charge on any atom is -0.468 e. The number of methoxy groups -OCH3 is 1. The molecular weight excluding hydrogens is 254 g/mol. The number of esters is 1. The Balaban J connectivity index is 1.88. The molecule has 20 heavy (non-hydrogen) atoms. The van der Waals surface area contributed by atoms with Crippen LogP contribution in [0.15, 0.2) is 30.3 Å². The average molecular weight is 273 g/mol. The van der Waals surface area contributed by atoms with Crippen LogP contribution in [0.1, 0.15) is 30.7 Å². The van der Waals surface area contributed by atoms with Crippen LogP contribution in [0.3, 0.4) is 0 Å². The van der Waals surface area contributed by atoms with E-state index in [2.05, 4.69) is 0 Å². The van der Waals surface area contributed by atoms with Crippen molar-refractivity contribution in [3.05, 3.63) is 35.9 Å². The molecule has 3 rings (SSSR count). The first-order valence-electron chi connectivity index (χ1n) is 7.13. The van der Waals surface area contributed by atoms with Gasteiger partial charge in [-0.05, 0) is 24.8 Å². The van der Waals surface area contributed by atoms with Crippen LogP contribution in [-0.2, 0) is 14.3 Å². The minimum atomic E-state index is -0.972. The third-order valence-electron chi connectivity index (χ3n) is 4.49. The monoisotopic (exact) mass is 273 g/mol. The fourth-order valence-electron chi connectivity index (χ4n) is 3.28. The van der Waals surface area contributed by atoms with E-state index in [9.17, 15) is 9.59 Å². The molecule has 0 spiro atoms. The van der Waals surface area contributed by atoms with Gasteiger partial charge in [0, 0.05) is 19.0 Å². The van der Waals surface area contributed by atoms with Crippen LogP contribution < -0.4 is 0 Å². The molecule has 1 aliphatic carbocycles. The van der Waals surface area contributed by atoms with E-state index in [4.69, 9.17) is 4.74 Å². The van der Waals surface area contributed by atoms with Crippen molar-refractivity contribution in [3.8, 4) is 0 Å². The van der Waals surface area contributed by atoms with Crippen LogP contribution in [0, 0.1) is 5.41 Å². The maximum absolute atomic E-state index is 12.7. The van der Waals surface area contributed by atoms with E-state index in [0.29, 0.717) is 6.42 Å². The molecule has 4 heteroatoms. The number of likely N-dealkylation sites (tertiary alicyclic amines) is 1. The van der Waals surface area contributed by atoms with Crippen molar-refractivity contribution in [3.63, 3.8) is 0 Å². The van der Waals surface area contributed by atoms with Gasteiger partial charge in [-0.15, -0.1) is 0 Å². The smallest absolute Gasteiger partial charge is 0.322 e. The van der Waals surface area contributed by atoms with Crippen LogP contribution in [0.25, 0.3) is 0 Å². The molecule has 0 radical (unpaired) electrons. The molecular formula is C16H19NO3. The van der Waals surface area contributed by atoms with Gasteiger partial charge in [-0.3, -0.25) is 9.59 Å². The Morgan fingerprint density at radius 2 is 1.85 bits per heavy atom. The van der Waals surface area contributed by atoms with Crippen molar-refractivity contribution in [1.29, 1.82) is 0 Å². The number of carbonyl (C=O) groups is 2. The highest BCUT2D eigenvalue weighted by molar-refractivity contribution is 6.07. The maximum atomic E-state index is 12.7. The largest absolute Gasteiger partial charge is 0.468 e. The van der Waals surface area contributed by atoms with Gasteiger partial charge in [0.25, 0.3) is 0 Å². The molecule has 2 fully saturated rings.